The third-order valence-electron chi connectivity index (χ3n) is 5.31. The van der Waals surface area contributed by atoms with E-state index in [0.29, 0.717) is 6.54 Å². The van der Waals surface area contributed by atoms with Gasteiger partial charge in [-0.1, -0.05) is 23.7 Å². The zero-order valence-corrected chi connectivity index (χ0v) is 18.2. The third-order valence-corrected chi connectivity index (χ3v) is 5.55. The summed E-state index contributed by atoms with van der Waals surface area (Å²) >= 11 is 6.27. The highest BCUT2D eigenvalue weighted by Gasteiger charge is 2.23. The van der Waals surface area contributed by atoms with E-state index in [9.17, 15) is 0 Å². The monoisotopic (exact) mass is 423 g/mol. The Labute approximate surface area is 179 Å². The van der Waals surface area contributed by atoms with Crippen LogP contribution >= 0.6 is 11.6 Å². The minimum atomic E-state index is 0.187. The van der Waals surface area contributed by atoms with E-state index in [1.165, 1.54) is 5.56 Å². The van der Waals surface area contributed by atoms with E-state index in [0.717, 1.165) is 83.2 Å². The van der Waals surface area contributed by atoms with Crippen LogP contribution in [0, 0.1) is 0 Å². The second-order valence-electron chi connectivity index (χ2n) is 7.32. The second kappa shape index (κ2) is 12.3. The first-order chi connectivity index (χ1) is 14.3. The number of nitrogens with one attached hydrogen (secondary N) is 2. The average molecular weight is 424 g/mol. The molecule has 0 aliphatic carbocycles. The van der Waals surface area contributed by atoms with Crippen LogP contribution in [-0.4, -0.2) is 94.5 Å². The predicted octanol–water partition coefficient (Wildman–Crippen LogP) is 1.60. The zero-order valence-electron chi connectivity index (χ0n) is 17.4. The molecule has 0 bridgehead atoms. The highest BCUT2D eigenvalue weighted by Crippen LogP contribution is 2.24. The molecule has 0 saturated carbocycles. The minimum absolute atomic E-state index is 0.187. The molecule has 7 nitrogen and oxygen atoms in total. The maximum absolute atomic E-state index is 6.27. The lowest BCUT2D eigenvalue weighted by atomic mass is 10.0. The van der Waals surface area contributed by atoms with E-state index < -0.39 is 0 Å². The largest absolute Gasteiger partial charge is 0.379 e. The molecule has 162 valence electrons. The molecule has 0 radical (unpaired) electrons. The molecule has 0 amide bonds. The van der Waals surface area contributed by atoms with Crippen LogP contribution in [0.2, 0.25) is 5.02 Å². The fraction of sp³-hybridized carbons (Fsp3) is 0.667. The van der Waals surface area contributed by atoms with Crippen molar-refractivity contribution in [2.24, 2.45) is 4.99 Å². The number of guanidine groups is 1. The van der Waals surface area contributed by atoms with Gasteiger partial charge in [0, 0.05) is 50.8 Å². The fourth-order valence-electron chi connectivity index (χ4n) is 3.71. The molecule has 8 heteroatoms. The standard InChI is InChI=1S/C21H34ClN5O2/c1-2-23-21(24-6-7-26-8-12-28-13-9-26)25-17-20(27-10-14-29-15-11-27)18-4-3-5-19(22)16-18/h3-5,16,20H,2,6-15,17H2,1H3,(H2,23,24,25). The molecule has 1 aromatic carbocycles. The van der Waals surface area contributed by atoms with Crippen LogP contribution < -0.4 is 10.6 Å². The SMILES string of the molecule is CCNC(=NCC(c1cccc(Cl)c1)N1CCOCC1)NCCN1CCOCC1. The summed E-state index contributed by atoms with van der Waals surface area (Å²) in [4.78, 5) is 9.76. The number of aliphatic imine (C=N–C) groups is 1. The molecular weight excluding hydrogens is 390 g/mol. The number of morpholine rings is 2. The summed E-state index contributed by atoms with van der Waals surface area (Å²) in [5, 5.41) is 7.61. The number of ether oxygens (including phenoxy) is 2. The lowest BCUT2D eigenvalue weighted by Gasteiger charge is -2.34. The van der Waals surface area contributed by atoms with Gasteiger partial charge in [0.05, 0.1) is 39.0 Å². The van der Waals surface area contributed by atoms with Crippen molar-refractivity contribution in [1.82, 2.24) is 20.4 Å². The van der Waals surface area contributed by atoms with Crippen molar-refractivity contribution in [2.45, 2.75) is 13.0 Å². The number of nitrogens with zero attached hydrogens (tertiary/aromatic N) is 3. The fourth-order valence-corrected chi connectivity index (χ4v) is 3.91. The van der Waals surface area contributed by atoms with Gasteiger partial charge in [0.15, 0.2) is 5.96 Å². The molecule has 29 heavy (non-hydrogen) atoms. The molecule has 2 fully saturated rings. The lowest BCUT2D eigenvalue weighted by molar-refractivity contribution is 0.0179. The van der Waals surface area contributed by atoms with E-state index in [1.54, 1.807) is 0 Å². The second-order valence-corrected chi connectivity index (χ2v) is 7.76. The minimum Gasteiger partial charge on any atom is -0.379 e. The van der Waals surface area contributed by atoms with Crippen LogP contribution in [0.4, 0.5) is 0 Å². The smallest absolute Gasteiger partial charge is 0.191 e. The highest BCUT2D eigenvalue weighted by atomic mass is 35.5. The Morgan fingerprint density at radius 2 is 1.83 bits per heavy atom. The quantitative estimate of drug-likeness (QED) is 0.489. The number of hydrogen-bond acceptors (Lipinski definition) is 5. The maximum Gasteiger partial charge on any atom is 0.191 e. The van der Waals surface area contributed by atoms with Crippen molar-refractivity contribution >= 4 is 17.6 Å². The first-order valence-corrected chi connectivity index (χ1v) is 11.0. The van der Waals surface area contributed by atoms with Crippen molar-refractivity contribution in [2.75, 3.05) is 78.8 Å². The number of halogens is 1. The Bertz CT molecular complexity index is 633. The van der Waals surface area contributed by atoms with E-state index >= 15 is 0 Å². The van der Waals surface area contributed by atoms with Crippen LogP contribution in [0.3, 0.4) is 0 Å². The van der Waals surface area contributed by atoms with Crippen LogP contribution in [0.5, 0.6) is 0 Å². The van der Waals surface area contributed by atoms with Gasteiger partial charge in [-0.3, -0.25) is 14.8 Å². The maximum atomic E-state index is 6.27. The molecule has 2 N–H and O–H groups in total. The first kappa shape index (κ1) is 22.3. The Morgan fingerprint density at radius 1 is 1.10 bits per heavy atom. The molecule has 1 unspecified atom stereocenters. The Kier molecular flexibility index (Phi) is 9.50. The van der Waals surface area contributed by atoms with Crippen molar-refractivity contribution in [3.63, 3.8) is 0 Å². The van der Waals surface area contributed by atoms with Crippen molar-refractivity contribution < 1.29 is 9.47 Å². The molecule has 3 rings (SSSR count). The van der Waals surface area contributed by atoms with Crippen molar-refractivity contribution in [1.29, 1.82) is 0 Å². The lowest BCUT2D eigenvalue weighted by Crippen LogP contribution is -2.45. The van der Waals surface area contributed by atoms with Gasteiger partial charge in [0.1, 0.15) is 0 Å². The van der Waals surface area contributed by atoms with Gasteiger partial charge in [-0.15, -0.1) is 0 Å². The highest BCUT2D eigenvalue weighted by molar-refractivity contribution is 6.30. The van der Waals surface area contributed by atoms with Gasteiger partial charge in [-0.2, -0.15) is 0 Å². The van der Waals surface area contributed by atoms with Crippen molar-refractivity contribution in [3.05, 3.63) is 34.9 Å². The number of hydrogen-bond donors (Lipinski definition) is 2. The predicted molar refractivity (Wildman–Crippen MR) is 118 cm³/mol. The summed E-state index contributed by atoms with van der Waals surface area (Å²) in [5.41, 5.74) is 1.20. The summed E-state index contributed by atoms with van der Waals surface area (Å²) in [6.07, 6.45) is 0. The molecular formula is C21H34ClN5O2. The summed E-state index contributed by atoms with van der Waals surface area (Å²) in [6.45, 7) is 12.5. The Hall–Kier alpha value is -1.38. The van der Waals surface area contributed by atoms with E-state index in [4.69, 9.17) is 26.1 Å². The summed E-state index contributed by atoms with van der Waals surface area (Å²) < 4.78 is 11.0. The van der Waals surface area contributed by atoms with E-state index in [1.807, 2.05) is 12.1 Å². The van der Waals surface area contributed by atoms with E-state index in [-0.39, 0.29) is 6.04 Å². The topological polar surface area (TPSA) is 61.4 Å². The Balaban J connectivity index is 1.62. The van der Waals surface area contributed by atoms with Crippen LogP contribution in [0.15, 0.2) is 29.3 Å². The average Bonchev–Trinajstić information content (AvgIpc) is 2.75. The third kappa shape index (κ3) is 7.42. The van der Waals surface area contributed by atoms with Crippen molar-refractivity contribution in [3.8, 4) is 0 Å². The summed E-state index contributed by atoms with van der Waals surface area (Å²) in [6, 6.07) is 8.31. The van der Waals surface area contributed by atoms with Gasteiger partial charge >= 0.3 is 0 Å². The molecule has 2 aliphatic rings. The van der Waals surface area contributed by atoms with Gasteiger partial charge < -0.3 is 20.1 Å². The number of benzene rings is 1. The molecule has 0 aromatic heterocycles. The van der Waals surface area contributed by atoms with Gasteiger partial charge in [0.2, 0.25) is 0 Å². The van der Waals surface area contributed by atoms with Gasteiger partial charge in [0.25, 0.3) is 0 Å². The van der Waals surface area contributed by atoms with Crippen LogP contribution in [-0.2, 0) is 9.47 Å². The normalized spacial score (nSPS) is 20.4. The van der Waals surface area contributed by atoms with Gasteiger partial charge in [-0.05, 0) is 24.6 Å². The molecule has 2 saturated heterocycles. The van der Waals surface area contributed by atoms with Gasteiger partial charge in [-0.25, -0.2) is 0 Å². The molecule has 0 spiro atoms. The summed E-state index contributed by atoms with van der Waals surface area (Å²) in [5.74, 6) is 0.862. The summed E-state index contributed by atoms with van der Waals surface area (Å²) in [7, 11) is 0. The zero-order chi connectivity index (χ0) is 20.3. The Morgan fingerprint density at radius 3 is 2.52 bits per heavy atom. The van der Waals surface area contributed by atoms with Crippen LogP contribution in [0.1, 0.15) is 18.5 Å². The molecule has 2 aliphatic heterocycles. The van der Waals surface area contributed by atoms with Crippen LogP contribution in [0.25, 0.3) is 0 Å². The molecule has 1 atom stereocenters. The van der Waals surface area contributed by atoms with E-state index in [2.05, 4.69) is 39.5 Å². The molecule has 2 heterocycles. The molecule has 1 aromatic rings. The number of rotatable bonds is 8. The first-order valence-electron chi connectivity index (χ1n) is 10.7.